The summed E-state index contributed by atoms with van der Waals surface area (Å²) in [5.41, 5.74) is 1.28. The third kappa shape index (κ3) is 5.20. The maximum atomic E-state index is 12.3. The van der Waals surface area contributed by atoms with Gasteiger partial charge in [-0.25, -0.2) is 0 Å². The van der Waals surface area contributed by atoms with Crippen LogP contribution in [0.2, 0.25) is 0 Å². The predicted octanol–water partition coefficient (Wildman–Crippen LogP) is 3.74. The summed E-state index contributed by atoms with van der Waals surface area (Å²) in [7, 11) is 3.56. The molecule has 0 aliphatic rings. The molecule has 27 heavy (non-hydrogen) atoms. The van der Waals surface area contributed by atoms with Crippen molar-refractivity contribution in [2.24, 2.45) is 0 Å². The van der Waals surface area contributed by atoms with Crippen molar-refractivity contribution in [3.05, 3.63) is 64.1 Å². The third-order valence-electron chi connectivity index (χ3n) is 4.24. The number of carbonyl (C=O) groups excluding carboxylic acids is 1. The van der Waals surface area contributed by atoms with Crippen LogP contribution in [0.4, 0.5) is 0 Å². The third-order valence-corrected chi connectivity index (χ3v) is 6.19. The summed E-state index contributed by atoms with van der Waals surface area (Å²) in [6.07, 6.45) is 1.66. The molecule has 5 nitrogen and oxygen atoms in total. The summed E-state index contributed by atoms with van der Waals surface area (Å²) < 4.78 is 2.16. The molecule has 1 unspecified atom stereocenters. The van der Waals surface area contributed by atoms with E-state index in [4.69, 9.17) is 0 Å². The van der Waals surface area contributed by atoms with Crippen LogP contribution in [-0.2, 0) is 24.2 Å². The number of hydrogen-bond acceptors (Lipinski definition) is 5. The van der Waals surface area contributed by atoms with Gasteiger partial charge in [0.1, 0.15) is 5.82 Å². The molecule has 0 saturated heterocycles. The van der Waals surface area contributed by atoms with Crippen molar-refractivity contribution < 1.29 is 4.79 Å². The van der Waals surface area contributed by atoms with Gasteiger partial charge >= 0.3 is 0 Å². The molecule has 0 radical (unpaired) electrons. The van der Waals surface area contributed by atoms with Gasteiger partial charge in [0.2, 0.25) is 5.91 Å². The maximum absolute atomic E-state index is 12.3. The van der Waals surface area contributed by atoms with Gasteiger partial charge in [-0.1, -0.05) is 48.2 Å². The van der Waals surface area contributed by atoms with E-state index in [2.05, 4.69) is 56.5 Å². The molecular weight excluding hydrogens is 376 g/mol. The Bertz CT molecular complexity index is 860. The fourth-order valence-corrected chi connectivity index (χ4v) is 4.53. The van der Waals surface area contributed by atoms with Gasteiger partial charge in [0.25, 0.3) is 0 Å². The Labute approximate surface area is 168 Å². The number of amides is 1. The van der Waals surface area contributed by atoms with Crippen molar-refractivity contribution in [3.63, 3.8) is 0 Å². The SMILES string of the molecule is CC(Sc1nnc(Cc2cccs2)n1CCc1ccccc1)C(=O)N(C)C. The molecule has 1 aromatic carbocycles. The molecule has 0 spiro atoms. The van der Waals surface area contributed by atoms with Crippen LogP contribution >= 0.6 is 23.1 Å². The van der Waals surface area contributed by atoms with Crippen molar-refractivity contribution in [3.8, 4) is 0 Å². The zero-order valence-electron chi connectivity index (χ0n) is 15.8. The van der Waals surface area contributed by atoms with Crippen molar-refractivity contribution in [2.75, 3.05) is 14.1 Å². The van der Waals surface area contributed by atoms with E-state index in [1.807, 2.05) is 13.0 Å². The molecule has 3 rings (SSSR count). The highest BCUT2D eigenvalue weighted by Gasteiger charge is 2.21. The van der Waals surface area contributed by atoms with Crippen LogP contribution in [0.25, 0.3) is 0 Å². The molecule has 1 atom stereocenters. The lowest BCUT2D eigenvalue weighted by molar-refractivity contribution is -0.127. The molecule has 3 aromatic rings. The van der Waals surface area contributed by atoms with Gasteiger partial charge in [-0.2, -0.15) is 0 Å². The number of nitrogens with zero attached hydrogens (tertiary/aromatic N) is 4. The van der Waals surface area contributed by atoms with E-state index >= 15 is 0 Å². The van der Waals surface area contributed by atoms with E-state index in [1.165, 1.54) is 22.2 Å². The van der Waals surface area contributed by atoms with Gasteiger partial charge in [0.05, 0.1) is 5.25 Å². The molecule has 1 amide bonds. The number of thiophene rings is 1. The highest BCUT2D eigenvalue weighted by atomic mass is 32.2. The first-order chi connectivity index (χ1) is 13.0. The highest BCUT2D eigenvalue weighted by molar-refractivity contribution is 8.00. The molecule has 0 saturated carbocycles. The van der Waals surface area contributed by atoms with Crippen LogP contribution < -0.4 is 0 Å². The van der Waals surface area contributed by atoms with E-state index in [0.717, 1.165) is 30.4 Å². The second-order valence-corrected chi connectivity index (χ2v) is 8.88. The van der Waals surface area contributed by atoms with Crippen LogP contribution in [0, 0.1) is 0 Å². The van der Waals surface area contributed by atoms with E-state index < -0.39 is 0 Å². The molecule has 0 N–H and O–H groups in total. The van der Waals surface area contributed by atoms with Gasteiger partial charge in [-0.15, -0.1) is 21.5 Å². The Morgan fingerprint density at radius 3 is 2.63 bits per heavy atom. The lowest BCUT2D eigenvalue weighted by Gasteiger charge is -2.17. The largest absolute Gasteiger partial charge is 0.348 e. The van der Waals surface area contributed by atoms with Crippen LogP contribution in [0.5, 0.6) is 0 Å². The molecule has 0 aliphatic heterocycles. The van der Waals surface area contributed by atoms with Crippen molar-refractivity contribution >= 4 is 29.0 Å². The van der Waals surface area contributed by atoms with Crippen LogP contribution in [-0.4, -0.2) is 44.9 Å². The van der Waals surface area contributed by atoms with Crippen LogP contribution in [0.3, 0.4) is 0 Å². The molecule has 7 heteroatoms. The van der Waals surface area contributed by atoms with E-state index in [-0.39, 0.29) is 11.2 Å². The Morgan fingerprint density at radius 1 is 1.19 bits per heavy atom. The summed E-state index contributed by atoms with van der Waals surface area (Å²) >= 11 is 3.20. The van der Waals surface area contributed by atoms with Crippen LogP contribution in [0.1, 0.15) is 23.2 Å². The molecular formula is C20H24N4OS2. The minimum atomic E-state index is -0.200. The van der Waals surface area contributed by atoms with E-state index in [0.29, 0.717) is 0 Å². The second kappa shape index (κ2) is 9.19. The summed E-state index contributed by atoms with van der Waals surface area (Å²) in [5, 5.41) is 11.5. The molecule has 0 aliphatic carbocycles. The molecule has 0 bridgehead atoms. The summed E-state index contributed by atoms with van der Waals surface area (Å²) in [4.78, 5) is 15.1. The molecule has 0 fully saturated rings. The monoisotopic (exact) mass is 400 g/mol. The van der Waals surface area contributed by atoms with Gasteiger partial charge in [0.15, 0.2) is 5.16 Å². The first kappa shape index (κ1) is 19.6. The zero-order chi connectivity index (χ0) is 19.2. The van der Waals surface area contributed by atoms with Crippen LogP contribution in [0.15, 0.2) is 53.0 Å². The molecule has 2 aromatic heterocycles. The summed E-state index contributed by atoms with van der Waals surface area (Å²) in [5.74, 6) is 1.03. The smallest absolute Gasteiger partial charge is 0.235 e. The number of rotatable bonds is 8. The minimum Gasteiger partial charge on any atom is -0.348 e. The molecule has 142 valence electrons. The quantitative estimate of drug-likeness (QED) is 0.541. The zero-order valence-corrected chi connectivity index (χ0v) is 17.5. The number of benzene rings is 1. The van der Waals surface area contributed by atoms with Gasteiger partial charge in [0, 0.05) is 31.9 Å². The van der Waals surface area contributed by atoms with Crippen molar-refractivity contribution in [1.82, 2.24) is 19.7 Å². The fraction of sp³-hybridized carbons (Fsp3) is 0.350. The highest BCUT2D eigenvalue weighted by Crippen LogP contribution is 2.25. The normalized spacial score (nSPS) is 12.1. The number of thioether (sulfide) groups is 1. The number of hydrogen-bond donors (Lipinski definition) is 0. The summed E-state index contributed by atoms with van der Waals surface area (Å²) in [6, 6.07) is 14.6. The van der Waals surface area contributed by atoms with Gasteiger partial charge in [-0.05, 0) is 30.4 Å². The fourth-order valence-electron chi connectivity index (χ4n) is 2.79. The summed E-state index contributed by atoms with van der Waals surface area (Å²) in [6.45, 7) is 2.71. The average molecular weight is 401 g/mol. The lowest BCUT2D eigenvalue weighted by Crippen LogP contribution is -2.29. The average Bonchev–Trinajstić information content (AvgIpc) is 3.31. The van der Waals surface area contributed by atoms with Crippen molar-refractivity contribution in [1.29, 1.82) is 0 Å². The topological polar surface area (TPSA) is 51.0 Å². The van der Waals surface area contributed by atoms with Gasteiger partial charge < -0.3 is 9.47 Å². The van der Waals surface area contributed by atoms with E-state index in [9.17, 15) is 4.79 Å². The minimum absolute atomic E-state index is 0.0809. The van der Waals surface area contributed by atoms with Gasteiger partial charge in [-0.3, -0.25) is 4.79 Å². The number of aryl methyl sites for hydroxylation is 1. The Hall–Kier alpha value is -2.12. The Kier molecular flexibility index (Phi) is 6.68. The Morgan fingerprint density at radius 2 is 1.96 bits per heavy atom. The standard InChI is InChI=1S/C20H24N4OS2/c1-15(19(25)23(2)3)27-20-22-21-18(14-17-10-7-13-26-17)24(20)12-11-16-8-5-4-6-9-16/h4-10,13,15H,11-12,14H2,1-3H3. The maximum Gasteiger partial charge on any atom is 0.235 e. The first-order valence-electron chi connectivity index (χ1n) is 8.91. The molecule has 2 heterocycles. The predicted molar refractivity (Wildman–Crippen MR) is 111 cm³/mol. The van der Waals surface area contributed by atoms with E-state index in [1.54, 1.807) is 30.3 Å². The van der Waals surface area contributed by atoms with Crippen molar-refractivity contribution in [2.45, 2.75) is 36.7 Å². The number of carbonyl (C=O) groups is 1. The number of aromatic nitrogens is 3. The first-order valence-corrected chi connectivity index (χ1v) is 10.7. The lowest BCUT2D eigenvalue weighted by atomic mass is 10.1. The second-order valence-electron chi connectivity index (χ2n) is 6.53. The Balaban J connectivity index is 1.81.